The molecule has 0 aliphatic rings. The molecule has 0 saturated heterocycles. The van der Waals surface area contributed by atoms with Crippen LogP contribution in [0.25, 0.3) is 10.2 Å². The summed E-state index contributed by atoms with van der Waals surface area (Å²) in [5, 5.41) is 7.88. The predicted molar refractivity (Wildman–Crippen MR) is 88.6 cm³/mol. The molecule has 0 fully saturated rings. The molecule has 0 spiro atoms. The smallest absolute Gasteiger partial charge is 0.0809 e. The highest BCUT2D eigenvalue weighted by atomic mass is 32.1. The van der Waals surface area contributed by atoms with Crippen LogP contribution >= 0.6 is 22.7 Å². The zero-order valence-electron chi connectivity index (χ0n) is 11.7. The van der Waals surface area contributed by atoms with Gasteiger partial charge in [0.2, 0.25) is 0 Å². The molecule has 3 rings (SSSR count). The van der Waals surface area contributed by atoms with Crippen LogP contribution in [-0.4, -0.2) is 4.98 Å². The van der Waals surface area contributed by atoms with Gasteiger partial charge < -0.3 is 5.32 Å². The number of aryl methyl sites for hydroxylation is 1. The SMILES string of the molecule is CCc1ccsc1CNC(C)c1cnc2ccsc2c1. The van der Waals surface area contributed by atoms with Crippen LogP contribution in [-0.2, 0) is 13.0 Å². The van der Waals surface area contributed by atoms with Gasteiger partial charge in [0.1, 0.15) is 0 Å². The molecule has 3 aromatic heterocycles. The highest BCUT2D eigenvalue weighted by Gasteiger charge is 2.09. The van der Waals surface area contributed by atoms with Gasteiger partial charge in [0.25, 0.3) is 0 Å². The Kier molecular flexibility index (Phi) is 4.15. The molecular formula is C16H18N2S2. The van der Waals surface area contributed by atoms with Crippen molar-refractivity contribution in [2.45, 2.75) is 32.9 Å². The van der Waals surface area contributed by atoms with E-state index in [0.717, 1.165) is 18.5 Å². The quantitative estimate of drug-likeness (QED) is 0.734. The van der Waals surface area contributed by atoms with E-state index < -0.39 is 0 Å². The molecule has 2 nitrogen and oxygen atoms in total. The van der Waals surface area contributed by atoms with Gasteiger partial charge in [-0.1, -0.05) is 6.92 Å². The summed E-state index contributed by atoms with van der Waals surface area (Å²) >= 11 is 3.59. The standard InChI is InChI=1S/C16H18N2S2/c1-3-12-4-6-20-16(12)10-17-11(2)13-8-15-14(18-9-13)5-7-19-15/h4-9,11,17H,3,10H2,1-2H3. The van der Waals surface area contributed by atoms with Crippen LogP contribution in [0.5, 0.6) is 0 Å². The average Bonchev–Trinajstić information content (AvgIpc) is 3.12. The lowest BCUT2D eigenvalue weighted by Crippen LogP contribution is -2.18. The van der Waals surface area contributed by atoms with Gasteiger partial charge in [-0.15, -0.1) is 22.7 Å². The van der Waals surface area contributed by atoms with Gasteiger partial charge in [-0.25, -0.2) is 0 Å². The van der Waals surface area contributed by atoms with Gasteiger partial charge in [0.15, 0.2) is 0 Å². The number of nitrogens with one attached hydrogen (secondary N) is 1. The first-order valence-electron chi connectivity index (χ1n) is 6.89. The number of rotatable bonds is 5. The van der Waals surface area contributed by atoms with Crippen molar-refractivity contribution in [2.75, 3.05) is 0 Å². The lowest BCUT2D eigenvalue weighted by atomic mass is 10.1. The molecule has 1 N–H and O–H groups in total. The van der Waals surface area contributed by atoms with E-state index in [4.69, 9.17) is 0 Å². The molecule has 0 radical (unpaired) electrons. The summed E-state index contributed by atoms with van der Waals surface area (Å²) in [7, 11) is 0. The number of nitrogens with zero attached hydrogens (tertiary/aromatic N) is 1. The van der Waals surface area contributed by atoms with Crippen LogP contribution in [0.1, 0.15) is 35.9 Å². The zero-order valence-corrected chi connectivity index (χ0v) is 13.4. The summed E-state index contributed by atoms with van der Waals surface area (Å²) in [5.74, 6) is 0. The minimum Gasteiger partial charge on any atom is -0.305 e. The van der Waals surface area contributed by atoms with Crippen molar-refractivity contribution in [1.29, 1.82) is 0 Å². The van der Waals surface area contributed by atoms with E-state index in [1.54, 1.807) is 11.3 Å². The fraction of sp³-hybridized carbons (Fsp3) is 0.312. The zero-order chi connectivity index (χ0) is 13.9. The van der Waals surface area contributed by atoms with E-state index in [0.29, 0.717) is 6.04 Å². The molecule has 3 heterocycles. The van der Waals surface area contributed by atoms with E-state index >= 15 is 0 Å². The summed E-state index contributed by atoms with van der Waals surface area (Å²) in [6.45, 7) is 5.35. The molecule has 1 atom stereocenters. The van der Waals surface area contributed by atoms with Crippen molar-refractivity contribution in [2.24, 2.45) is 0 Å². The normalized spacial score (nSPS) is 12.9. The molecule has 0 aliphatic heterocycles. The maximum absolute atomic E-state index is 4.51. The molecule has 104 valence electrons. The third-order valence-electron chi connectivity index (χ3n) is 3.61. The van der Waals surface area contributed by atoms with E-state index in [9.17, 15) is 0 Å². The van der Waals surface area contributed by atoms with Crippen LogP contribution in [0, 0.1) is 0 Å². The first-order valence-corrected chi connectivity index (χ1v) is 8.65. The molecule has 4 heteroatoms. The van der Waals surface area contributed by atoms with Crippen molar-refractivity contribution in [3.05, 3.63) is 51.2 Å². The Labute approximate surface area is 127 Å². The molecule has 0 saturated carbocycles. The Bertz CT molecular complexity index is 699. The van der Waals surface area contributed by atoms with E-state index in [1.807, 2.05) is 17.5 Å². The topological polar surface area (TPSA) is 24.9 Å². The first kappa shape index (κ1) is 13.7. The average molecular weight is 302 g/mol. The first-order chi connectivity index (χ1) is 9.78. The number of aromatic nitrogens is 1. The van der Waals surface area contributed by atoms with Crippen molar-refractivity contribution < 1.29 is 0 Å². The predicted octanol–water partition coefficient (Wildman–Crippen LogP) is 4.77. The van der Waals surface area contributed by atoms with Gasteiger partial charge in [-0.05, 0) is 53.4 Å². The van der Waals surface area contributed by atoms with E-state index in [2.05, 4.69) is 53.1 Å². The minimum atomic E-state index is 0.320. The summed E-state index contributed by atoms with van der Waals surface area (Å²) in [4.78, 5) is 5.96. The Hall–Kier alpha value is -1.23. The molecule has 0 bridgehead atoms. The molecule has 3 aromatic rings. The van der Waals surface area contributed by atoms with Gasteiger partial charge in [-0.2, -0.15) is 0 Å². The Morgan fingerprint density at radius 3 is 2.95 bits per heavy atom. The number of thiophene rings is 2. The van der Waals surface area contributed by atoms with Crippen molar-refractivity contribution >= 4 is 32.9 Å². The Morgan fingerprint density at radius 2 is 2.10 bits per heavy atom. The fourth-order valence-corrected chi connectivity index (χ4v) is 4.02. The second-order valence-electron chi connectivity index (χ2n) is 4.90. The van der Waals surface area contributed by atoms with Crippen LogP contribution in [0.4, 0.5) is 0 Å². The van der Waals surface area contributed by atoms with Crippen molar-refractivity contribution in [3.63, 3.8) is 0 Å². The lowest BCUT2D eigenvalue weighted by molar-refractivity contribution is 0.576. The Morgan fingerprint density at radius 1 is 1.25 bits per heavy atom. The van der Waals surface area contributed by atoms with E-state index in [-0.39, 0.29) is 0 Å². The molecule has 1 unspecified atom stereocenters. The summed E-state index contributed by atoms with van der Waals surface area (Å²) in [6.07, 6.45) is 3.10. The summed E-state index contributed by atoms with van der Waals surface area (Å²) < 4.78 is 1.27. The third-order valence-corrected chi connectivity index (χ3v) is 5.43. The lowest BCUT2D eigenvalue weighted by Gasteiger charge is -2.14. The largest absolute Gasteiger partial charge is 0.305 e. The molecule has 0 aromatic carbocycles. The monoisotopic (exact) mass is 302 g/mol. The molecular weight excluding hydrogens is 284 g/mol. The van der Waals surface area contributed by atoms with Gasteiger partial charge in [0, 0.05) is 23.7 Å². The van der Waals surface area contributed by atoms with Crippen molar-refractivity contribution in [1.82, 2.24) is 10.3 Å². The number of hydrogen-bond donors (Lipinski definition) is 1. The van der Waals surface area contributed by atoms with Crippen LogP contribution in [0.2, 0.25) is 0 Å². The molecule has 0 aliphatic carbocycles. The number of fused-ring (bicyclic) bond motifs is 1. The number of hydrogen-bond acceptors (Lipinski definition) is 4. The van der Waals surface area contributed by atoms with Gasteiger partial charge in [0.05, 0.1) is 10.2 Å². The highest BCUT2D eigenvalue weighted by Crippen LogP contribution is 2.23. The second kappa shape index (κ2) is 6.04. The maximum atomic E-state index is 4.51. The van der Waals surface area contributed by atoms with Gasteiger partial charge >= 0.3 is 0 Å². The highest BCUT2D eigenvalue weighted by molar-refractivity contribution is 7.17. The van der Waals surface area contributed by atoms with Gasteiger partial charge in [-0.3, -0.25) is 4.98 Å². The molecule has 20 heavy (non-hydrogen) atoms. The third kappa shape index (κ3) is 2.77. The van der Waals surface area contributed by atoms with Crippen LogP contribution in [0.15, 0.2) is 35.2 Å². The second-order valence-corrected chi connectivity index (χ2v) is 6.85. The van der Waals surface area contributed by atoms with E-state index in [1.165, 1.54) is 20.7 Å². The minimum absolute atomic E-state index is 0.320. The van der Waals surface area contributed by atoms with Crippen LogP contribution in [0.3, 0.4) is 0 Å². The maximum Gasteiger partial charge on any atom is 0.0809 e. The van der Waals surface area contributed by atoms with Crippen LogP contribution < -0.4 is 5.32 Å². The fourth-order valence-electron chi connectivity index (χ4n) is 2.30. The summed E-state index contributed by atoms with van der Waals surface area (Å²) in [6, 6.07) is 6.87. The Balaban J connectivity index is 1.70. The number of pyridine rings is 1. The van der Waals surface area contributed by atoms with Crippen molar-refractivity contribution in [3.8, 4) is 0 Å². The molecule has 0 amide bonds. The summed E-state index contributed by atoms with van der Waals surface area (Å²) in [5.41, 5.74) is 3.81.